The molecule has 124 valence electrons. The van der Waals surface area contributed by atoms with Gasteiger partial charge in [-0.1, -0.05) is 17.8 Å². The number of hydrogen-bond acceptors (Lipinski definition) is 8. The summed E-state index contributed by atoms with van der Waals surface area (Å²) in [5.41, 5.74) is 1.91. The van der Waals surface area contributed by atoms with Crippen molar-refractivity contribution in [3.05, 3.63) is 58.0 Å². The molecule has 9 nitrogen and oxygen atoms in total. The Labute approximate surface area is 141 Å². The second-order valence-electron chi connectivity index (χ2n) is 5.11. The van der Waals surface area contributed by atoms with Gasteiger partial charge in [-0.05, 0) is 25.0 Å². The van der Waals surface area contributed by atoms with Crippen molar-refractivity contribution in [2.75, 3.05) is 0 Å². The number of rotatable bonds is 6. The topological polar surface area (TPSA) is 113 Å². The Morgan fingerprint density at radius 3 is 2.96 bits per heavy atom. The van der Waals surface area contributed by atoms with Crippen molar-refractivity contribution in [3.8, 4) is 0 Å². The van der Waals surface area contributed by atoms with E-state index in [0.717, 1.165) is 11.1 Å². The molecule has 0 saturated carbocycles. The van der Waals surface area contributed by atoms with Crippen LogP contribution in [0.3, 0.4) is 0 Å². The predicted octanol–water partition coefficient (Wildman–Crippen LogP) is 2.78. The molecule has 0 fully saturated rings. The summed E-state index contributed by atoms with van der Waals surface area (Å²) in [6, 6.07) is 4.83. The number of nitro groups is 1. The first-order valence-corrected chi connectivity index (χ1v) is 7.97. The Morgan fingerprint density at radius 2 is 2.25 bits per heavy atom. The van der Waals surface area contributed by atoms with Gasteiger partial charge in [0.25, 0.3) is 10.9 Å². The summed E-state index contributed by atoms with van der Waals surface area (Å²) < 4.78 is 7.16. The monoisotopic (exact) mass is 346 g/mol. The quantitative estimate of drug-likeness (QED) is 0.380. The van der Waals surface area contributed by atoms with Crippen LogP contribution in [0, 0.1) is 17.0 Å². The van der Waals surface area contributed by atoms with E-state index in [1.54, 1.807) is 23.1 Å². The molecule has 0 N–H and O–H groups in total. The van der Waals surface area contributed by atoms with Crippen LogP contribution in [0.1, 0.15) is 29.2 Å². The van der Waals surface area contributed by atoms with Crippen LogP contribution in [0.5, 0.6) is 0 Å². The molecule has 2 aromatic heterocycles. The summed E-state index contributed by atoms with van der Waals surface area (Å²) in [6.07, 6.45) is 2.99. The summed E-state index contributed by atoms with van der Waals surface area (Å²) >= 11 is 1.36. The van der Waals surface area contributed by atoms with Gasteiger partial charge >= 0.3 is 0 Å². The van der Waals surface area contributed by atoms with Gasteiger partial charge in [0.1, 0.15) is 19.2 Å². The molecule has 10 heteroatoms. The predicted molar refractivity (Wildman–Crippen MR) is 85.5 cm³/mol. The van der Waals surface area contributed by atoms with Crippen molar-refractivity contribution in [1.29, 1.82) is 0 Å². The fraction of sp³-hybridized carbons (Fsp3) is 0.286. The smallest absolute Gasteiger partial charge is 0.277 e. The molecule has 3 rings (SSSR count). The van der Waals surface area contributed by atoms with E-state index >= 15 is 0 Å². The van der Waals surface area contributed by atoms with Gasteiger partial charge in [0, 0.05) is 17.4 Å². The van der Waals surface area contributed by atoms with Gasteiger partial charge < -0.3 is 4.42 Å². The molecular weight excluding hydrogens is 332 g/mol. The molecule has 0 aliphatic carbocycles. The highest BCUT2D eigenvalue weighted by atomic mass is 32.2. The number of aryl methyl sites for hydroxylation is 1. The molecule has 0 aliphatic rings. The first-order valence-electron chi connectivity index (χ1n) is 7.09. The normalized spacial score (nSPS) is 12.2. The number of non-ortho nitro benzene ring substituents is 1. The van der Waals surface area contributed by atoms with Gasteiger partial charge in [-0.25, -0.2) is 9.67 Å². The van der Waals surface area contributed by atoms with Crippen LogP contribution in [0.4, 0.5) is 5.69 Å². The van der Waals surface area contributed by atoms with Crippen LogP contribution in [-0.2, 0) is 6.54 Å². The molecule has 3 aromatic rings. The number of hydrogen-bond donors (Lipinski definition) is 0. The molecule has 0 amide bonds. The first kappa shape index (κ1) is 16.1. The third kappa shape index (κ3) is 3.59. The molecule has 24 heavy (non-hydrogen) atoms. The van der Waals surface area contributed by atoms with E-state index in [2.05, 4.69) is 20.3 Å². The van der Waals surface area contributed by atoms with Gasteiger partial charge in [0.05, 0.1) is 4.92 Å². The lowest BCUT2D eigenvalue weighted by Gasteiger charge is -2.11. The number of nitro benzene ring substituents is 1. The van der Waals surface area contributed by atoms with Crippen LogP contribution >= 0.6 is 11.8 Å². The Morgan fingerprint density at radius 1 is 1.42 bits per heavy atom. The van der Waals surface area contributed by atoms with E-state index in [1.807, 2.05) is 13.8 Å². The molecular formula is C14H14N6O3S. The van der Waals surface area contributed by atoms with Crippen molar-refractivity contribution in [2.45, 2.75) is 30.9 Å². The Hall–Kier alpha value is -2.75. The van der Waals surface area contributed by atoms with Gasteiger partial charge in [-0.2, -0.15) is 5.10 Å². The van der Waals surface area contributed by atoms with Crippen molar-refractivity contribution < 1.29 is 9.34 Å². The molecule has 0 saturated heterocycles. The average Bonchev–Trinajstić information content (AvgIpc) is 3.20. The zero-order chi connectivity index (χ0) is 17.1. The molecule has 0 spiro atoms. The Bertz CT molecular complexity index is 848. The molecule has 0 aliphatic heterocycles. The molecule has 1 atom stereocenters. The van der Waals surface area contributed by atoms with Crippen LogP contribution in [0.25, 0.3) is 0 Å². The minimum absolute atomic E-state index is 0.0652. The van der Waals surface area contributed by atoms with E-state index in [0.29, 0.717) is 17.7 Å². The highest BCUT2D eigenvalue weighted by molar-refractivity contribution is 7.99. The minimum atomic E-state index is -0.400. The zero-order valence-electron chi connectivity index (χ0n) is 13.0. The maximum absolute atomic E-state index is 10.9. The van der Waals surface area contributed by atoms with Crippen molar-refractivity contribution in [2.24, 2.45) is 0 Å². The molecule has 0 bridgehead atoms. The number of thioether (sulfide) groups is 1. The summed E-state index contributed by atoms with van der Waals surface area (Å²) in [5, 5.41) is 23.2. The number of aromatic nitrogens is 5. The number of nitrogens with zero attached hydrogens (tertiary/aromatic N) is 6. The summed E-state index contributed by atoms with van der Waals surface area (Å²) in [6.45, 7) is 4.20. The fourth-order valence-corrected chi connectivity index (χ4v) is 3.11. The molecule has 0 unspecified atom stereocenters. The van der Waals surface area contributed by atoms with Gasteiger partial charge in [-0.3, -0.25) is 10.1 Å². The van der Waals surface area contributed by atoms with E-state index in [-0.39, 0.29) is 10.9 Å². The van der Waals surface area contributed by atoms with Gasteiger partial charge in [0.2, 0.25) is 5.89 Å². The highest BCUT2D eigenvalue weighted by Crippen LogP contribution is 2.36. The zero-order valence-corrected chi connectivity index (χ0v) is 13.8. The molecule has 1 aromatic carbocycles. The first-order chi connectivity index (χ1) is 11.5. The van der Waals surface area contributed by atoms with E-state index in [1.165, 1.54) is 24.2 Å². The summed E-state index contributed by atoms with van der Waals surface area (Å²) in [5.74, 6) is 0.422. The lowest BCUT2D eigenvalue weighted by Crippen LogP contribution is -1.99. The third-order valence-electron chi connectivity index (χ3n) is 3.40. The summed E-state index contributed by atoms with van der Waals surface area (Å²) in [7, 11) is 0. The number of benzene rings is 1. The average molecular weight is 346 g/mol. The van der Waals surface area contributed by atoms with Gasteiger partial charge in [0.15, 0.2) is 0 Å². The van der Waals surface area contributed by atoms with E-state index < -0.39 is 4.92 Å². The SMILES string of the molecule is Cc1ccc([N+](=O)[O-])cc1[C@@H](C)Sc1nnc(Cn2cncn2)o1. The van der Waals surface area contributed by atoms with Gasteiger partial charge in [-0.15, -0.1) is 10.2 Å². The largest absolute Gasteiger partial charge is 0.414 e. The van der Waals surface area contributed by atoms with Crippen molar-refractivity contribution in [1.82, 2.24) is 25.0 Å². The molecule has 2 heterocycles. The second kappa shape index (κ2) is 6.79. The standard InChI is InChI=1S/C14H14N6O3S/c1-9-3-4-11(20(21)22)5-12(9)10(2)24-14-18-17-13(23-14)6-19-8-15-7-16-19/h3-5,7-8,10H,6H2,1-2H3/t10-/m1/s1. The van der Waals surface area contributed by atoms with Crippen LogP contribution in [0.2, 0.25) is 0 Å². The lowest BCUT2D eigenvalue weighted by atomic mass is 10.1. The fourth-order valence-electron chi connectivity index (χ4n) is 2.20. The van der Waals surface area contributed by atoms with Crippen LogP contribution in [0.15, 0.2) is 40.5 Å². The van der Waals surface area contributed by atoms with Crippen LogP contribution < -0.4 is 0 Å². The third-order valence-corrected chi connectivity index (χ3v) is 4.38. The lowest BCUT2D eigenvalue weighted by molar-refractivity contribution is -0.384. The minimum Gasteiger partial charge on any atom is -0.414 e. The van der Waals surface area contributed by atoms with Crippen LogP contribution in [-0.4, -0.2) is 29.9 Å². The Kier molecular flexibility index (Phi) is 4.56. The van der Waals surface area contributed by atoms with E-state index in [4.69, 9.17) is 4.42 Å². The summed E-state index contributed by atoms with van der Waals surface area (Å²) in [4.78, 5) is 14.4. The Balaban J connectivity index is 1.73. The van der Waals surface area contributed by atoms with E-state index in [9.17, 15) is 10.1 Å². The van der Waals surface area contributed by atoms with Crippen molar-refractivity contribution in [3.63, 3.8) is 0 Å². The highest BCUT2D eigenvalue weighted by Gasteiger charge is 2.18. The maximum atomic E-state index is 10.9. The van der Waals surface area contributed by atoms with Crippen molar-refractivity contribution >= 4 is 17.4 Å². The molecule has 0 radical (unpaired) electrons. The maximum Gasteiger partial charge on any atom is 0.277 e. The second-order valence-corrected chi connectivity index (χ2v) is 6.40.